The number of aryl methyl sites for hydroxylation is 2. The van der Waals surface area contributed by atoms with Gasteiger partial charge in [-0.1, -0.05) is 6.07 Å². The monoisotopic (exact) mass is 360 g/mol. The Morgan fingerprint density at radius 2 is 2.16 bits per heavy atom. The van der Waals surface area contributed by atoms with Crippen LogP contribution in [0.2, 0.25) is 0 Å². The maximum atomic E-state index is 12.5. The van der Waals surface area contributed by atoms with Crippen LogP contribution in [0.15, 0.2) is 29.6 Å². The summed E-state index contributed by atoms with van der Waals surface area (Å²) in [6.45, 7) is 4.98. The van der Waals surface area contributed by atoms with Crippen molar-refractivity contribution in [2.75, 3.05) is 18.4 Å². The number of anilines is 1. The summed E-state index contributed by atoms with van der Waals surface area (Å²) in [5.41, 5.74) is 1.99. The molecule has 2 heterocycles. The largest absolute Gasteiger partial charge is 0.320 e. The Bertz CT molecular complexity index is 789. The number of quaternary nitrogens is 1. The number of amides is 1. The highest BCUT2D eigenvalue weighted by molar-refractivity contribution is 7.10. The van der Waals surface area contributed by atoms with Crippen LogP contribution in [0.1, 0.15) is 34.9 Å². The van der Waals surface area contributed by atoms with Crippen molar-refractivity contribution in [1.29, 1.82) is 0 Å². The van der Waals surface area contributed by atoms with Crippen molar-refractivity contribution in [3.8, 4) is 0 Å². The molecule has 1 aliphatic rings. The average molecular weight is 360 g/mol. The van der Waals surface area contributed by atoms with Crippen molar-refractivity contribution in [3.63, 3.8) is 0 Å². The summed E-state index contributed by atoms with van der Waals surface area (Å²) in [6, 6.07) is 7.70. The Hall–Kier alpha value is -2.25. The molecule has 0 radical (unpaired) electrons. The van der Waals surface area contributed by atoms with Gasteiger partial charge >= 0.3 is 0 Å². The summed E-state index contributed by atoms with van der Waals surface area (Å²) in [5, 5.41) is 16.1. The predicted octanol–water partition coefficient (Wildman–Crippen LogP) is 2.63. The van der Waals surface area contributed by atoms with Gasteiger partial charge in [0, 0.05) is 18.9 Å². The lowest BCUT2D eigenvalue weighted by atomic mass is 10.1. The molecule has 1 amide bonds. The lowest BCUT2D eigenvalue weighted by Gasteiger charge is -2.20. The fourth-order valence-electron chi connectivity index (χ4n) is 3.41. The Morgan fingerprint density at radius 3 is 2.84 bits per heavy atom. The second-order valence-electron chi connectivity index (χ2n) is 6.55. The summed E-state index contributed by atoms with van der Waals surface area (Å²) in [4.78, 5) is 25.9. The van der Waals surface area contributed by atoms with Crippen LogP contribution >= 0.6 is 11.3 Å². The minimum absolute atomic E-state index is 0.0531. The molecule has 25 heavy (non-hydrogen) atoms. The summed E-state index contributed by atoms with van der Waals surface area (Å²) >= 11 is 1.72. The summed E-state index contributed by atoms with van der Waals surface area (Å²) < 4.78 is 0. The first kappa shape index (κ1) is 17.6. The fraction of sp³-hybridized carbons (Fsp3) is 0.389. The van der Waals surface area contributed by atoms with E-state index in [1.54, 1.807) is 17.4 Å². The highest BCUT2D eigenvalue weighted by Crippen LogP contribution is 2.28. The summed E-state index contributed by atoms with van der Waals surface area (Å²) in [7, 11) is 0. The molecule has 7 heteroatoms. The van der Waals surface area contributed by atoms with E-state index in [2.05, 4.69) is 16.8 Å². The molecule has 2 aromatic rings. The number of likely N-dealkylation sites (tertiary alicyclic amines) is 1. The van der Waals surface area contributed by atoms with Gasteiger partial charge in [0.2, 0.25) is 0 Å². The van der Waals surface area contributed by atoms with Crippen LogP contribution in [-0.4, -0.2) is 23.9 Å². The third kappa shape index (κ3) is 3.88. The van der Waals surface area contributed by atoms with Gasteiger partial charge in [-0.05, 0) is 42.5 Å². The van der Waals surface area contributed by atoms with Crippen molar-refractivity contribution < 1.29 is 14.6 Å². The number of thiophene rings is 1. The number of nitro benzene ring substituents is 1. The van der Waals surface area contributed by atoms with Crippen LogP contribution in [0.25, 0.3) is 0 Å². The molecule has 0 saturated carbocycles. The van der Waals surface area contributed by atoms with Crippen LogP contribution < -0.4 is 10.2 Å². The van der Waals surface area contributed by atoms with E-state index in [-0.39, 0.29) is 17.3 Å². The van der Waals surface area contributed by atoms with Crippen molar-refractivity contribution in [2.24, 2.45) is 0 Å². The molecule has 1 saturated heterocycles. The Morgan fingerprint density at radius 1 is 1.40 bits per heavy atom. The number of carbonyl (C=O) groups excluding carboxylic acids is 1. The van der Waals surface area contributed by atoms with Crippen molar-refractivity contribution in [2.45, 2.75) is 32.7 Å². The van der Waals surface area contributed by atoms with Gasteiger partial charge in [-0.3, -0.25) is 14.9 Å². The number of nitro groups is 1. The van der Waals surface area contributed by atoms with E-state index >= 15 is 0 Å². The van der Waals surface area contributed by atoms with E-state index in [1.807, 2.05) is 19.9 Å². The number of nitrogens with zero attached hydrogens (tertiary/aromatic N) is 1. The number of hydrogen-bond acceptors (Lipinski definition) is 4. The van der Waals surface area contributed by atoms with Crippen LogP contribution in [-0.2, 0) is 4.79 Å². The fourth-order valence-corrected chi connectivity index (χ4v) is 4.33. The molecule has 132 valence electrons. The Balaban J connectivity index is 1.73. The predicted molar refractivity (Wildman–Crippen MR) is 98.2 cm³/mol. The third-order valence-corrected chi connectivity index (χ3v) is 5.83. The molecule has 2 atom stereocenters. The summed E-state index contributed by atoms with van der Waals surface area (Å²) in [5.74, 6) is -0.176. The van der Waals surface area contributed by atoms with E-state index in [0.717, 1.165) is 30.5 Å². The van der Waals surface area contributed by atoms with Crippen LogP contribution in [0.4, 0.5) is 11.4 Å². The molecule has 0 spiro atoms. The third-order valence-electron chi connectivity index (χ3n) is 4.84. The van der Waals surface area contributed by atoms with Crippen molar-refractivity contribution in [1.82, 2.24) is 0 Å². The van der Waals surface area contributed by atoms with Gasteiger partial charge in [0.05, 0.1) is 16.3 Å². The van der Waals surface area contributed by atoms with E-state index in [1.165, 1.54) is 15.8 Å². The van der Waals surface area contributed by atoms with E-state index < -0.39 is 4.92 Å². The summed E-state index contributed by atoms with van der Waals surface area (Å²) in [6.07, 6.45) is 2.17. The van der Waals surface area contributed by atoms with Gasteiger partial charge in [-0.15, -0.1) is 11.3 Å². The van der Waals surface area contributed by atoms with Crippen molar-refractivity contribution >= 4 is 28.6 Å². The zero-order valence-corrected chi connectivity index (χ0v) is 15.2. The number of carbonyl (C=O) groups is 1. The second-order valence-corrected chi connectivity index (χ2v) is 7.53. The maximum Gasteiger partial charge on any atom is 0.293 e. The van der Waals surface area contributed by atoms with Crippen molar-refractivity contribution in [3.05, 3.63) is 55.8 Å². The van der Waals surface area contributed by atoms with E-state index in [0.29, 0.717) is 12.6 Å². The zero-order chi connectivity index (χ0) is 18.0. The van der Waals surface area contributed by atoms with Gasteiger partial charge in [0.15, 0.2) is 6.54 Å². The Kier molecular flexibility index (Phi) is 5.15. The highest BCUT2D eigenvalue weighted by atomic mass is 32.1. The lowest BCUT2D eigenvalue weighted by molar-refractivity contribution is -0.910. The van der Waals surface area contributed by atoms with Gasteiger partial charge in [-0.25, -0.2) is 0 Å². The number of rotatable bonds is 5. The van der Waals surface area contributed by atoms with E-state index in [9.17, 15) is 14.9 Å². The maximum absolute atomic E-state index is 12.5. The number of hydrogen-bond donors (Lipinski definition) is 2. The average Bonchev–Trinajstić information content (AvgIpc) is 3.21. The smallest absolute Gasteiger partial charge is 0.293 e. The van der Waals surface area contributed by atoms with Gasteiger partial charge in [-0.2, -0.15) is 0 Å². The Labute approximate surface area is 150 Å². The minimum Gasteiger partial charge on any atom is -0.320 e. The molecule has 1 fully saturated rings. The zero-order valence-electron chi connectivity index (χ0n) is 14.4. The lowest BCUT2D eigenvalue weighted by Crippen LogP contribution is -3.11. The molecule has 3 rings (SSSR count). The first-order valence-corrected chi connectivity index (χ1v) is 9.27. The molecule has 2 N–H and O–H groups in total. The molecular formula is C18H22N3O3S+. The second kappa shape index (κ2) is 7.33. The molecule has 1 aromatic heterocycles. The SMILES string of the molecule is Cc1cc(NC(=O)C[NH+]2CCC[C@@H]2c2cccs2)c([N+](=O)[O-])cc1C. The molecule has 0 bridgehead atoms. The highest BCUT2D eigenvalue weighted by Gasteiger charge is 2.32. The number of benzene rings is 1. The van der Waals surface area contributed by atoms with Gasteiger partial charge in [0.1, 0.15) is 11.7 Å². The standard InChI is InChI=1S/C18H21N3O3S/c1-12-9-14(16(21(23)24)10-13(12)2)19-18(22)11-20-7-3-5-15(20)17-6-4-8-25-17/h4,6,8-10,15H,3,5,7,11H2,1-2H3,(H,19,22)/p+1/t15-/m1/s1. The van der Waals surface area contributed by atoms with E-state index in [4.69, 9.17) is 0 Å². The van der Waals surface area contributed by atoms with Gasteiger partial charge < -0.3 is 10.2 Å². The van der Waals surface area contributed by atoms with Crippen LogP contribution in [0, 0.1) is 24.0 Å². The normalized spacial score (nSPS) is 19.8. The first-order valence-electron chi connectivity index (χ1n) is 8.39. The molecule has 1 aromatic carbocycles. The minimum atomic E-state index is -0.445. The molecule has 1 aliphatic heterocycles. The van der Waals surface area contributed by atoms with Crippen LogP contribution in [0.5, 0.6) is 0 Å². The van der Waals surface area contributed by atoms with Gasteiger partial charge in [0.25, 0.3) is 11.6 Å². The number of nitrogens with one attached hydrogen (secondary N) is 2. The molecular weight excluding hydrogens is 338 g/mol. The quantitative estimate of drug-likeness (QED) is 0.636. The first-order chi connectivity index (χ1) is 12.0. The topological polar surface area (TPSA) is 76.7 Å². The molecule has 0 aliphatic carbocycles. The molecule has 6 nitrogen and oxygen atoms in total. The van der Waals surface area contributed by atoms with Crippen LogP contribution in [0.3, 0.4) is 0 Å². The molecule has 1 unspecified atom stereocenters.